The second-order valence-electron chi connectivity index (χ2n) is 28.3. The van der Waals surface area contributed by atoms with E-state index >= 15 is 0 Å². The summed E-state index contributed by atoms with van der Waals surface area (Å²) in [7, 11) is 0. The lowest BCUT2D eigenvalue weighted by Gasteiger charge is -2.38. The van der Waals surface area contributed by atoms with Crippen LogP contribution in [0.3, 0.4) is 0 Å². The fourth-order valence-corrected chi connectivity index (χ4v) is 15.4. The van der Waals surface area contributed by atoms with Crippen molar-refractivity contribution in [1.82, 2.24) is 0 Å². The van der Waals surface area contributed by atoms with Gasteiger partial charge in [0.05, 0.1) is 0 Å². The fraction of sp³-hybridized carbons (Fsp3) is 1.00. The Hall–Kier alpha value is 0. The second kappa shape index (κ2) is 17.8. The molecule has 0 heteroatoms. The average molecular weight is 783 g/mol. The molecule has 6 rings (SSSR count). The first-order chi connectivity index (χ1) is 24.9. The molecule has 0 N–H and O–H groups in total. The molecule has 0 aromatic heterocycles. The largest absolute Gasteiger partial charge is 0.0651 e. The van der Waals surface area contributed by atoms with E-state index < -0.39 is 0 Å². The van der Waals surface area contributed by atoms with E-state index in [9.17, 15) is 0 Å². The molecule has 3 atom stereocenters. The van der Waals surface area contributed by atoms with Gasteiger partial charge in [-0.15, -0.1) is 0 Å². The monoisotopic (exact) mass is 783 g/mol. The molecule has 0 radical (unpaired) electrons. The van der Waals surface area contributed by atoms with Gasteiger partial charge in [0.15, 0.2) is 0 Å². The Labute approximate surface area is 357 Å². The van der Waals surface area contributed by atoms with Crippen LogP contribution >= 0.6 is 0 Å². The minimum Gasteiger partial charge on any atom is -0.0651 e. The van der Waals surface area contributed by atoms with Gasteiger partial charge in [-0.3, -0.25) is 0 Å². The van der Waals surface area contributed by atoms with Gasteiger partial charge in [-0.1, -0.05) is 192 Å². The van der Waals surface area contributed by atoms with Crippen molar-refractivity contribution < 1.29 is 0 Å². The predicted octanol–water partition coefficient (Wildman–Crippen LogP) is 19.1. The molecule has 0 aromatic carbocycles. The van der Waals surface area contributed by atoms with Crippen molar-refractivity contribution in [2.24, 2.45) is 95.6 Å². The van der Waals surface area contributed by atoms with Gasteiger partial charge in [-0.2, -0.15) is 0 Å². The van der Waals surface area contributed by atoms with Crippen molar-refractivity contribution in [2.45, 2.75) is 263 Å². The highest BCUT2D eigenvalue weighted by Crippen LogP contribution is 2.62. The SMILES string of the molecule is CC(C)C1C(C)(C)CCC1(C)C.CCC1(C)CC(C)(C)C(C)(C)C1.CCC1C(C)(C)CCC1(C)C.CCC1CC(C)(C)C(C)(C)C1.C[C@@H]1C2CCC(C2)C1(C)C. The van der Waals surface area contributed by atoms with Crippen molar-refractivity contribution in [3.8, 4) is 0 Å². The molecule has 0 nitrogen and oxygen atoms in total. The van der Waals surface area contributed by atoms with Gasteiger partial charge >= 0.3 is 0 Å². The van der Waals surface area contributed by atoms with E-state index in [1.165, 1.54) is 89.9 Å². The summed E-state index contributed by atoms with van der Waals surface area (Å²) in [5.74, 6) is 6.77. The van der Waals surface area contributed by atoms with Gasteiger partial charge < -0.3 is 0 Å². The minimum absolute atomic E-state index is 0.526. The Bertz CT molecular complexity index is 1140. The predicted molar refractivity (Wildman–Crippen MR) is 255 cm³/mol. The van der Waals surface area contributed by atoms with E-state index in [4.69, 9.17) is 0 Å². The summed E-state index contributed by atoms with van der Waals surface area (Å²) in [6.07, 6.45) is 19.9. The van der Waals surface area contributed by atoms with Crippen LogP contribution in [-0.4, -0.2) is 0 Å². The highest BCUT2D eigenvalue weighted by molar-refractivity contribution is 5.02. The maximum atomic E-state index is 2.46. The molecular weight excluding hydrogens is 673 g/mol. The standard InChI is InChI=1S/2C12H24.2C11H22.C10H18/c1-9(2)10-11(3,4)7-8-12(10,5)6;1-7-12(6)8-10(2,3)11(4,5)9-12;1-6-9-7-10(2,3)11(4,5)8-9;1-6-9-10(2,3)7-8-11(9,4)5;1-7-8-4-5-9(6-8)10(7,2)3/h9-10H,7-8H2,1-6H3;7-9H2,1-6H3;2*9H,6-8H2,1-5H3;7-9H,4-6H2,1-3H3/t;;;;7-,8?,9?/m....1/s1. The molecule has 2 unspecified atom stereocenters. The van der Waals surface area contributed by atoms with Gasteiger partial charge in [-0.25, -0.2) is 0 Å². The highest BCUT2D eigenvalue weighted by atomic mass is 14.6. The van der Waals surface area contributed by atoms with Crippen LogP contribution in [0.15, 0.2) is 0 Å². The first kappa shape index (κ1) is 52.1. The summed E-state index contributed by atoms with van der Waals surface area (Å²) >= 11 is 0. The van der Waals surface area contributed by atoms with Gasteiger partial charge in [0.25, 0.3) is 0 Å². The lowest BCUT2D eigenvalue weighted by Crippen LogP contribution is -2.31. The molecule has 56 heavy (non-hydrogen) atoms. The molecule has 6 aliphatic carbocycles. The van der Waals surface area contributed by atoms with Gasteiger partial charge in [0.2, 0.25) is 0 Å². The van der Waals surface area contributed by atoms with Crippen LogP contribution in [0.5, 0.6) is 0 Å². The average Bonchev–Trinajstić information content (AvgIpc) is 3.78. The Kier molecular flexibility index (Phi) is 16.5. The first-order valence-corrected chi connectivity index (χ1v) is 24.9. The van der Waals surface area contributed by atoms with Gasteiger partial charge in [0.1, 0.15) is 0 Å². The number of hydrogen-bond donors (Lipinski definition) is 0. The van der Waals surface area contributed by atoms with Crippen LogP contribution in [0.4, 0.5) is 0 Å². The van der Waals surface area contributed by atoms with E-state index in [1.54, 1.807) is 0 Å². The Morgan fingerprint density at radius 1 is 0.500 bits per heavy atom. The third-order valence-electron chi connectivity index (χ3n) is 20.3. The summed E-state index contributed by atoms with van der Waals surface area (Å²) in [6.45, 7) is 60.4. The fourth-order valence-electron chi connectivity index (χ4n) is 15.4. The minimum atomic E-state index is 0.526. The summed E-state index contributed by atoms with van der Waals surface area (Å²) in [5.41, 5.74) is 5.78. The van der Waals surface area contributed by atoms with E-state index in [0.717, 1.165) is 41.4 Å². The molecule has 0 spiro atoms. The maximum Gasteiger partial charge on any atom is -0.0288 e. The lowest BCUT2D eigenvalue weighted by atomic mass is 9.67. The molecular formula is C56H110. The van der Waals surface area contributed by atoms with Gasteiger partial charge in [-0.05, 0) is 166 Å². The van der Waals surface area contributed by atoms with Crippen molar-refractivity contribution in [3.05, 3.63) is 0 Å². The van der Waals surface area contributed by atoms with Gasteiger partial charge in [0, 0.05) is 0 Å². The Morgan fingerprint density at radius 2 is 0.893 bits per heavy atom. The topological polar surface area (TPSA) is 0 Å². The summed E-state index contributed by atoms with van der Waals surface area (Å²) in [5, 5.41) is 0. The third kappa shape index (κ3) is 11.7. The van der Waals surface area contributed by atoms with E-state index in [1.807, 2.05) is 0 Å². The molecule has 334 valence electrons. The molecule has 0 aromatic rings. The number of rotatable bonds is 4. The normalized spacial score (nSPS) is 33.0. The summed E-state index contributed by atoms with van der Waals surface area (Å²) < 4.78 is 0. The summed E-state index contributed by atoms with van der Waals surface area (Å²) in [4.78, 5) is 0. The molecule has 6 fully saturated rings. The first-order valence-electron chi connectivity index (χ1n) is 24.9. The number of hydrogen-bond acceptors (Lipinski definition) is 0. The van der Waals surface area contributed by atoms with Crippen molar-refractivity contribution in [1.29, 1.82) is 0 Å². The second-order valence-corrected chi connectivity index (χ2v) is 28.3. The van der Waals surface area contributed by atoms with Crippen LogP contribution in [0, 0.1) is 95.6 Å². The zero-order valence-electron chi connectivity index (χ0n) is 43.9. The summed E-state index contributed by atoms with van der Waals surface area (Å²) in [6, 6.07) is 0. The van der Waals surface area contributed by atoms with E-state index in [-0.39, 0.29) is 0 Å². The van der Waals surface area contributed by atoms with Crippen LogP contribution in [0.1, 0.15) is 263 Å². The van der Waals surface area contributed by atoms with Crippen molar-refractivity contribution >= 4 is 0 Å². The molecule has 6 saturated carbocycles. The smallest absolute Gasteiger partial charge is 0.0288 e. The third-order valence-corrected chi connectivity index (χ3v) is 20.3. The maximum absolute atomic E-state index is 2.46. The lowest BCUT2D eigenvalue weighted by molar-refractivity contribution is 0.104. The molecule has 2 bridgehead atoms. The highest BCUT2D eigenvalue weighted by Gasteiger charge is 2.52. The molecule has 0 amide bonds. The zero-order chi connectivity index (χ0) is 43.9. The Morgan fingerprint density at radius 3 is 1.09 bits per heavy atom. The molecule has 0 saturated heterocycles. The van der Waals surface area contributed by atoms with Crippen molar-refractivity contribution in [3.63, 3.8) is 0 Å². The van der Waals surface area contributed by atoms with Crippen LogP contribution in [-0.2, 0) is 0 Å². The molecule has 0 aliphatic heterocycles. The van der Waals surface area contributed by atoms with Crippen molar-refractivity contribution in [2.75, 3.05) is 0 Å². The number of fused-ring (bicyclic) bond motifs is 2. The molecule has 0 heterocycles. The van der Waals surface area contributed by atoms with E-state index in [2.05, 4.69) is 173 Å². The zero-order valence-corrected chi connectivity index (χ0v) is 43.9. The quantitative estimate of drug-likeness (QED) is 0.266. The Balaban J connectivity index is 0.000000242. The van der Waals surface area contributed by atoms with Crippen LogP contribution in [0.25, 0.3) is 0 Å². The van der Waals surface area contributed by atoms with E-state index in [0.29, 0.717) is 54.1 Å². The molecule has 6 aliphatic rings. The van der Waals surface area contributed by atoms with Crippen LogP contribution in [0.2, 0.25) is 0 Å². The van der Waals surface area contributed by atoms with Crippen LogP contribution < -0.4 is 0 Å².